The van der Waals surface area contributed by atoms with Crippen molar-refractivity contribution in [2.75, 3.05) is 13.7 Å². The van der Waals surface area contributed by atoms with Crippen LogP contribution in [0.25, 0.3) is 0 Å². The fourth-order valence-electron chi connectivity index (χ4n) is 2.85. The van der Waals surface area contributed by atoms with Gasteiger partial charge in [0, 0.05) is 13.5 Å². The van der Waals surface area contributed by atoms with Crippen LogP contribution in [-0.2, 0) is 16.1 Å². The Hall–Kier alpha value is -3.02. The monoisotopic (exact) mass is 384 g/mol. The minimum absolute atomic E-state index is 0.146. The first-order valence-corrected chi connectivity index (χ1v) is 9.33. The van der Waals surface area contributed by atoms with E-state index in [0.29, 0.717) is 24.7 Å². The second-order valence-corrected chi connectivity index (χ2v) is 6.56. The average Bonchev–Trinajstić information content (AvgIpc) is 2.67. The van der Waals surface area contributed by atoms with Crippen LogP contribution in [-0.4, -0.2) is 25.5 Å². The molecule has 0 aliphatic carbocycles. The van der Waals surface area contributed by atoms with Crippen LogP contribution >= 0.6 is 0 Å². The molecule has 2 aromatic carbocycles. The van der Waals surface area contributed by atoms with Crippen LogP contribution in [0.2, 0.25) is 0 Å². The molecule has 0 bridgehead atoms. The van der Waals surface area contributed by atoms with E-state index in [1.807, 2.05) is 56.3 Å². The lowest BCUT2D eigenvalue weighted by molar-refractivity contribution is -0.122. The van der Waals surface area contributed by atoms with Crippen LogP contribution in [0.3, 0.4) is 0 Å². The topological polar surface area (TPSA) is 76.7 Å². The van der Waals surface area contributed by atoms with Gasteiger partial charge < -0.3 is 20.1 Å². The summed E-state index contributed by atoms with van der Waals surface area (Å²) in [6.07, 6.45) is 0.163. The van der Waals surface area contributed by atoms with Crippen molar-refractivity contribution in [2.45, 2.75) is 39.8 Å². The molecule has 6 heteroatoms. The molecule has 0 aliphatic rings. The number of carbonyl (C=O) groups is 2. The SMILES string of the molecule is CCOc1ccc(CNC(=O)CC(NC(C)=O)c2ccc(C)cc2)cc1OC. The standard InChI is InChI=1S/C22H28N2O4/c1-5-28-20-11-8-17(12-21(20)27-4)14-23-22(26)13-19(24-16(3)25)18-9-6-15(2)7-10-18/h6-12,19H,5,13-14H2,1-4H3,(H,23,26)(H,24,25). The van der Waals surface area contributed by atoms with Crippen molar-refractivity contribution in [3.05, 3.63) is 59.2 Å². The zero-order chi connectivity index (χ0) is 20.5. The van der Waals surface area contributed by atoms with Crippen molar-refractivity contribution >= 4 is 11.8 Å². The fourth-order valence-corrected chi connectivity index (χ4v) is 2.85. The molecule has 0 radical (unpaired) electrons. The molecule has 1 unspecified atom stereocenters. The van der Waals surface area contributed by atoms with Gasteiger partial charge in [-0.05, 0) is 37.1 Å². The van der Waals surface area contributed by atoms with Gasteiger partial charge in [0.15, 0.2) is 11.5 Å². The van der Waals surface area contributed by atoms with Crippen molar-refractivity contribution < 1.29 is 19.1 Å². The van der Waals surface area contributed by atoms with E-state index < -0.39 is 0 Å². The van der Waals surface area contributed by atoms with Crippen molar-refractivity contribution in [2.24, 2.45) is 0 Å². The van der Waals surface area contributed by atoms with Gasteiger partial charge in [-0.1, -0.05) is 35.9 Å². The highest BCUT2D eigenvalue weighted by molar-refractivity contribution is 5.79. The molecule has 0 aromatic heterocycles. The Balaban J connectivity index is 2.00. The summed E-state index contributed by atoms with van der Waals surface area (Å²) in [6, 6.07) is 13.0. The summed E-state index contributed by atoms with van der Waals surface area (Å²) in [5.74, 6) is 0.983. The molecule has 1 atom stereocenters. The molecule has 150 valence electrons. The van der Waals surface area contributed by atoms with Gasteiger partial charge >= 0.3 is 0 Å². The molecular weight excluding hydrogens is 356 g/mol. The first kappa shape index (κ1) is 21.3. The predicted octanol–water partition coefficient (Wildman–Crippen LogP) is 3.29. The third kappa shape index (κ3) is 6.30. The second-order valence-electron chi connectivity index (χ2n) is 6.56. The van der Waals surface area contributed by atoms with Crippen LogP contribution in [0.15, 0.2) is 42.5 Å². The lowest BCUT2D eigenvalue weighted by Gasteiger charge is -2.18. The Morgan fingerprint density at radius 2 is 1.79 bits per heavy atom. The first-order valence-electron chi connectivity index (χ1n) is 9.33. The number of methoxy groups -OCH3 is 1. The maximum Gasteiger partial charge on any atom is 0.222 e. The smallest absolute Gasteiger partial charge is 0.222 e. The normalized spacial score (nSPS) is 11.4. The summed E-state index contributed by atoms with van der Waals surface area (Å²) in [7, 11) is 1.58. The van der Waals surface area contributed by atoms with Gasteiger partial charge in [0.05, 0.1) is 26.2 Å². The van der Waals surface area contributed by atoms with Gasteiger partial charge in [-0.15, -0.1) is 0 Å². The molecule has 28 heavy (non-hydrogen) atoms. The highest BCUT2D eigenvalue weighted by Gasteiger charge is 2.17. The number of rotatable bonds is 9. The predicted molar refractivity (Wildman–Crippen MR) is 108 cm³/mol. The third-order valence-electron chi connectivity index (χ3n) is 4.26. The maximum absolute atomic E-state index is 12.5. The summed E-state index contributed by atoms with van der Waals surface area (Å²) in [5, 5.41) is 5.75. The Labute approximate surface area is 166 Å². The number of aryl methyl sites for hydroxylation is 1. The zero-order valence-electron chi connectivity index (χ0n) is 16.9. The summed E-state index contributed by atoms with van der Waals surface area (Å²) in [5.41, 5.74) is 2.93. The van der Waals surface area contributed by atoms with E-state index in [2.05, 4.69) is 10.6 Å². The molecule has 2 aromatic rings. The van der Waals surface area contributed by atoms with E-state index in [4.69, 9.17) is 9.47 Å². The minimum atomic E-state index is -0.368. The van der Waals surface area contributed by atoms with E-state index in [-0.39, 0.29) is 24.3 Å². The highest BCUT2D eigenvalue weighted by atomic mass is 16.5. The third-order valence-corrected chi connectivity index (χ3v) is 4.26. The van der Waals surface area contributed by atoms with Crippen molar-refractivity contribution in [1.29, 1.82) is 0 Å². The number of benzene rings is 2. The molecule has 0 aliphatic heterocycles. The Kier molecular flexibility index (Phi) is 7.87. The summed E-state index contributed by atoms with van der Waals surface area (Å²) >= 11 is 0. The molecule has 0 fully saturated rings. The van der Waals surface area contributed by atoms with E-state index in [1.54, 1.807) is 7.11 Å². The van der Waals surface area contributed by atoms with Crippen LogP contribution < -0.4 is 20.1 Å². The maximum atomic E-state index is 12.5. The molecule has 2 rings (SSSR count). The quantitative estimate of drug-likeness (QED) is 0.696. The van der Waals surface area contributed by atoms with Gasteiger partial charge in [-0.3, -0.25) is 9.59 Å². The molecule has 0 spiro atoms. The van der Waals surface area contributed by atoms with Crippen LogP contribution in [0.1, 0.15) is 43.0 Å². The van der Waals surface area contributed by atoms with Crippen LogP contribution in [0.5, 0.6) is 11.5 Å². The zero-order valence-corrected chi connectivity index (χ0v) is 16.9. The molecule has 0 saturated heterocycles. The van der Waals surface area contributed by atoms with Gasteiger partial charge in [-0.25, -0.2) is 0 Å². The molecule has 0 heterocycles. The summed E-state index contributed by atoms with van der Waals surface area (Å²) in [6.45, 7) is 6.27. The van der Waals surface area contributed by atoms with Crippen molar-refractivity contribution in [3.63, 3.8) is 0 Å². The second kappa shape index (κ2) is 10.3. The largest absolute Gasteiger partial charge is 0.493 e. The van der Waals surface area contributed by atoms with Crippen molar-refractivity contribution in [1.82, 2.24) is 10.6 Å². The Bertz CT molecular complexity index is 803. The lowest BCUT2D eigenvalue weighted by Crippen LogP contribution is -2.32. The number of carbonyl (C=O) groups excluding carboxylic acids is 2. The van der Waals surface area contributed by atoms with Crippen molar-refractivity contribution in [3.8, 4) is 11.5 Å². The van der Waals surface area contributed by atoms with Gasteiger partial charge in [0.1, 0.15) is 0 Å². The van der Waals surface area contributed by atoms with Gasteiger partial charge in [0.2, 0.25) is 11.8 Å². The number of nitrogens with one attached hydrogen (secondary N) is 2. The Morgan fingerprint density at radius 1 is 1.07 bits per heavy atom. The summed E-state index contributed by atoms with van der Waals surface area (Å²) < 4.78 is 10.8. The molecule has 2 amide bonds. The van der Waals surface area contributed by atoms with Gasteiger partial charge in [0.25, 0.3) is 0 Å². The molecular formula is C22H28N2O4. The Morgan fingerprint density at radius 3 is 2.39 bits per heavy atom. The van der Waals surface area contributed by atoms with E-state index in [0.717, 1.165) is 16.7 Å². The molecule has 0 saturated carbocycles. The average molecular weight is 384 g/mol. The van der Waals surface area contributed by atoms with Crippen LogP contribution in [0, 0.1) is 6.92 Å². The molecule has 2 N–H and O–H groups in total. The van der Waals surface area contributed by atoms with Crippen LogP contribution in [0.4, 0.5) is 0 Å². The first-order chi connectivity index (χ1) is 13.4. The number of amides is 2. The molecule has 6 nitrogen and oxygen atoms in total. The minimum Gasteiger partial charge on any atom is -0.493 e. The van der Waals surface area contributed by atoms with E-state index in [9.17, 15) is 9.59 Å². The van der Waals surface area contributed by atoms with Gasteiger partial charge in [-0.2, -0.15) is 0 Å². The highest BCUT2D eigenvalue weighted by Crippen LogP contribution is 2.28. The number of hydrogen-bond donors (Lipinski definition) is 2. The van der Waals surface area contributed by atoms with E-state index in [1.165, 1.54) is 6.92 Å². The fraction of sp³-hybridized carbons (Fsp3) is 0.364. The van der Waals surface area contributed by atoms with E-state index >= 15 is 0 Å². The summed E-state index contributed by atoms with van der Waals surface area (Å²) in [4.78, 5) is 24.0. The number of ether oxygens (including phenoxy) is 2. The lowest BCUT2D eigenvalue weighted by atomic mass is 10.0. The number of hydrogen-bond acceptors (Lipinski definition) is 4.